The molecular formula is C26H42ClN3O6. The first-order valence-electron chi connectivity index (χ1n) is 13.3. The maximum absolute atomic E-state index is 12.6. The zero-order chi connectivity index (χ0) is 26.4. The minimum absolute atomic E-state index is 0.0844. The van der Waals surface area contributed by atoms with Crippen LogP contribution in [0, 0.1) is 0 Å². The van der Waals surface area contributed by atoms with Crippen molar-refractivity contribution in [2.24, 2.45) is 0 Å². The number of carbonyl (C=O) groups is 2. The summed E-state index contributed by atoms with van der Waals surface area (Å²) in [6, 6.07) is 1.49. The first kappa shape index (κ1) is 30.1. The Kier molecular flexibility index (Phi) is 13.3. The van der Waals surface area contributed by atoms with E-state index in [2.05, 4.69) is 18.8 Å². The highest BCUT2D eigenvalue weighted by Gasteiger charge is 2.52. The van der Waals surface area contributed by atoms with Crippen LogP contribution in [0.5, 0.6) is 0 Å². The molecule has 0 spiro atoms. The van der Waals surface area contributed by atoms with Gasteiger partial charge in [-0.05, 0) is 18.9 Å². The summed E-state index contributed by atoms with van der Waals surface area (Å²) in [7, 11) is 0. The second-order valence-electron chi connectivity index (χ2n) is 9.52. The summed E-state index contributed by atoms with van der Waals surface area (Å²) in [6.45, 7) is 4.10. The molecule has 1 fully saturated rings. The summed E-state index contributed by atoms with van der Waals surface area (Å²) in [4.78, 5) is 41.2. The van der Waals surface area contributed by atoms with Gasteiger partial charge >= 0.3 is 17.6 Å². The van der Waals surface area contributed by atoms with Crippen molar-refractivity contribution < 1.29 is 23.8 Å². The van der Waals surface area contributed by atoms with E-state index in [1.807, 2.05) is 0 Å². The van der Waals surface area contributed by atoms with Crippen LogP contribution in [0.15, 0.2) is 17.1 Å². The average molecular weight is 528 g/mol. The van der Waals surface area contributed by atoms with Crippen molar-refractivity contribution in [2.45, 2.75) is 115 Å². The van der Waals surface area contributed by atoms with E-state index >= 15 is 0 Å². The van der Waals surface area contributed by atoms with Crippen molar-refractivity contribution in [2.75, 3.05) is 18.2 Å². The number of esters is 2. The minimum Gasteiger partial charge on any atom is -0.462 e. The molecule has 204 valence electrons. The summed E-state index contributed by atoms with van der Waals surface area (Å²) in [6.07, 6.45) is 10.8. The number of aromatic nitrogens is 2. The molecule has 2 heterocycles. The highest BCUT2D eigenvalue weighted by molar-refractivity contribution is 6.18. The van der Waals surface area contributed by atoms with Gasteiger partial charge in [0.15, 0.2) is 5.60 Å². The summed E-state index contributed by atoms with van der Waals surface area (Å²) in [5.41, 5.74) is 3.75. The fraction of sp³-hybridized carbons (Fsp3) is 0.769. The predicted molar refractivity (Wildman–Crippen MR) is 139 cm³/mol. The van der Waals surface area contributed by atoms with E-state index in [0.29, 0.717) is 6.42 Å². The van der Waals surface area contributed by atoms with E-state index in [0.717, 1.165) is 64.2 Å². The SMILES string of the molecule is CCCCCCCC(=O)OCC1(CCl)OC(n2ccc(N)nc2=O)CC1OC(=O)CCCCCCC. The van der Waals surface area contributed by atoms with E-state index in [1.165, 1.54) is 16.8 Å². The van der Waals surface area contributed by atoms with Gasteiger partial charge in [0, 0.05) is 25.5 Å². The van der Waals surface area contributed by atoms with Crippen molar-refractivity contribution >= 4 is 29.4 Å². The molecule has 0 saturated carbocycles. The number of anilines is 1. The Morgan fingerprint density at radius 1 is 1.08 bits per heavy atom. The van der Waals surface area contributed by atoms with Crippen LogP contribution in [0.3, 0.4) is 0 Å². The van der Waals surface area contributed by atoms with E-state index in [9.17, 15) is 14.4 Å². The van der Waals surface area contributed by atoms with Crippen LogP contribution < -0.4 is 11.4 Å². The van der Waals surface area contributed by atoms with E-state index < -0.39 is 23.6 Å². The Labute approximate surface area is 219 Å². The van der Waals surface area contributed by atoms with Crippen LogP contribution >= 0.6 is 11.6 Å². The number of hydrogen-bond acceptors (Lipinski definition) is 8. The number of hydrogen-bond donors (Lipinski definition) is 1. The first-order chi connectivity index (χ1) is 17.3. The molecule has 0 bridgehead atoms. The number of unbranched alkanes of at least 4 members (excludes halogenated alkanes) is 8. The van der Waals surface area contributed by atoms with Crippen LogP contribution in [0.2, 0.25) is 0 Å². The Hall–Kier alpha value is -2.13. The monoisotopic (exact) mass is 527 g/mol. The third-order valence-electron chi connectivity index (χ3n) is 6.48. The van der Waals surface area contributed by atoms with Crippen LogP contribution in [0.4, 0.5) is 5.82 Å². The van der Waals surface area contributed by atoms with Gasteiger partial charge in [-0.2, -0.15) is 4.98 Å². The second kappa shape index (κ2) is 15.9. The third kappa shape index (κ3) is 9.39. The number of halogens is 1. The Balaban J connectivity index is 2.06. The molecule has 10 heteroatoms. The lowest BCUT2D eigenvalue weighted by Gasteiger charge is -2.31. The van der Waals surface area contributed by atoms with Gasteiger partial charge in [-0.1, -0.05) is 65.2 Å². The molecule has 1 aromatic heterocycles. The van der Waals surface area contributed by atoms with Gasteiger partial charge in [-0.3, -0.25) is 14.2 Å². The smallest absolute Gasteiger partial charge is 0.351 e. The normalized spacial score (nSPS) is 21.4. The molecular weight excluding hydrogens is 486 g/mol. The van der Waals surface area contributed by atoms with Gasteiger partial charge in [-0.15, -0.1) is 11.6 Å². The van der Waals surface area contributed by atoms with Gasteiger partial charge in [0.25, 0.3) is 0 Å². The molecule has 0 aromatic carbocycles. The number of rotatable bonds is 17. The number of nitrogens with two attached hydrogens (primary N) is 1. The van der Waals surface area contributed by atoms with Crippen LogP contribution in [-0.2, 0) is 23.8 Å². The Bertz CT molecular complexity index is 879. The molecule has 2 rings (SSSR count). The van der Waals surface area contributed by atoms with Gasteiger partial charge in [0.2, 0.25) is 0 Å². The van der Waals surface area contributed by atoms with E-state index in [-0.39, 0.29) is 43.1 Å². The number of carbonyl (C=O) groups excluding carboxylic acids is 2. The molecule has 1 aliphatic heterocycles. The lowest BCUT2D eigenvalue weighted by Crippen LogP contribution is -2.48. The second-order valence-corrected chi connectivity index (χ2v) is 9.78. The molecule has 3 atom stereocenters. The van der Waals surface area contributed by atoms with Gasteiger partial charge < -0.3 is 19.9 Å². The number of alkyl halides is 1. The first-order valence-corrected chi connectivity index (χ1v) is 13.8. The largest absolute Gasteiger partial charge is 0.462 e. The van der Waals surface area contributed by atoms with Crippen molar-refractivity contribution in [1.82, 2.24) is 9.55 Å². The molecule has 3 unspecified atom stereocenters. The number of nitrogens with zero attached hydrogens (tertiary/aromatic N) is 2. The molecule has 1 saturated heterocycles. The van der Waals surface area contributed by atoms with Gasteiger partial charge in [-0.25, -0.2) is 4.79 Å². The van der Waals surface area contributed by atoms with Crippen LogP contribution in [0.25, 0.3) is 0 Å². The Morgan fingerprint density at radius 2 is 1.69 bits per heavy atom. The van der Waals surface area contributed by atoms with E-state index in [4.69, 9.17) is 31.5 Å². The molecule has 1 aromatic rings. The van der Waals surface area contributed by atoms with Crippen LogP contribution in [0.1, 0.15) is 104 Å². The van der Waals surface area contributed by atoms with E-state index in [1.54, 1.807) is 0 Å². The molecule has 36 heavy (non-hydrogen) atoms. The topological polar surface area (TPSA) is 123 Å². The van der Waals surface area contributed by atoms with Crippen LogP contribution in [-0.4, -0.2) is 45.7 Å². The molecule has 2 N–H and O–H groups in total. The molecule has 9 nitrogen and oxygen atoms in total. The number of ether oxygens (including phenoxy) is 3. The summed E-state index contributed by atoms with van der Waals surface area (Å²) in [5, 5.41) is 0. The maximum Gasteiger partial charge on any atom is 0.351 e. The summed E-state index contributed by atoms with van der Waals surface area (Å²) in [5.74, 6) is -0.703. The fourth-order valence-electron chi connectivity index (χ4n) is 4.29. The van der Waals surface area contributed by atoms with Crippen molar-refractivity contribution in [3.63, 3.8) is 0 Å². The highest BCUT2D eigenvalue weighted by Crippen LogP contribution is 2.40. The zero-order valence-electron chi connectivity index (χ0n) is 21.7. The zero-order valence-corrected chi connectivity index (χ0v) is 22.5. The molecule has 0 amide bonds. The van der Waals surface area contributed by atoms with Crippen molar-refractivity contribution in [3.8, 4) is 0 Å². The third-order valence-corrected chi connectivity index (χ3v) is 6.93. The lowest BCUT2D eigenvalue weighted by molar-refractivity contribution is -0.173. The quantitative estimate of drug-likeness (QED) is 0.172. The summed E-state index contributed by atoms with van der Waals surface area (Å²) < 4.78 is 18.8. The van der Waals surface area contributed by atoms with Crippen molar-refractivity contribution in [3.05, 3.63) is 22.7 Å². The highest BCUT2D eigenvalue weighted by atomic mass is 35.5. The molecule has 0 aliphatic carbocycles. The summed E-state index contributed by atoms with van der Waals surface area (Å²) >= 11 is 6.34. The predicted octanol–water partition coefficient (Wildman–Crippen LogP) is 4.90. The van der Waals surface area contributed by atoms with Gasteiger partial charge in [0.1, 0.15) is 24.8 Å². The number of nitrogen functional groups attached to an aromatic ring is 1. The lowest BCUT2D eigenvalue weighted by atomic mass is 9.99. The maximum atomic E-state index is 12.6. The standard InChI is InChI=1S/C26H42ClN3O6/c1-3-5-7-9-11-13-23(31)34-19-26(18-27)20(35-24(32)14-12-10-8-6-4-2)17-22(36-26)30-16-15-21(28)29-25(30)33/h15-16,20,22H,3-14,17-19H2,1-2H3,(H2,28,29,33). The fourth-order valence-corrected chi connectivity index (χ4v) is 4.60. The minimum atomic E-state index is -1.28. The average Bonchev–Trinajstić information content (AvgIpc) is 3.20. The molecule has 0 radical (unpaired) electrons. The van der Waals surface area contributed by atoms with Crippen molar-refractivity contribution in [1.29, 1.82) is 0 Å². The molecule has 1 aliphatic rings. The van der Waals surface area contributed by atoms with Gasteiger partial charge in [0.05, 0.1) is 5.88 Å². The Morgan fingerprint density at radius 3 is 2.28 bits per heavy atom.